The number of aryl methyl sites for hydroxylation is 2. The van der Waals surface area contributed by atoms with E-state index in [1.54, 1.807) is 12.1 Å². The van der Waals surface area contributed by atoms with Crippen LogP contribution in [-0.2, 0) is 16.1 Å². The molecule has 180 valence electrons. The van der Waals surface area contributed by atoms with Crippen molar-refractivity contribution in [2.75, 3.05) is 11.9 Å². The van der Waals surface area contributed by atoms with Crippen LogP contribution in [0.15, 0.2) is 83.9 Å². The summed E-state index contributed by atoms with van der Waals surface area (Å²) < 4.78 is 2.14. The van der Waals surface area contributed by atoms with Gasteiger partial charge < -0.3 is 9.88 Å². The largest absolute Gasteiger partial charge is 0.342 e. The Hall–Kier alpha value is -4.10. The van der Waals surface area contributed by atoms with Gasteiger partial charge in [-0.1, -0.05) is 60.2 Å². The number of carbonyl (C=O) groups excluding carboxylic acids is 3. The molecule has 1 aliphatic heterocycles. The molecule has 0 atom stereocenters. The number of anilines is 1. The number of benzene rings is 3. The van der Waals surface area contributed by atoms with E-state index in [9.17, 15) is 14.4 Å². The highest BCUT2D eigenvalue weighted by Gasteiger charge is 2.36. The number of rotatable bonds is 6. The number of nitrogens with zero attached hydrogens (tertiary/aromatic N) is 2. The maximum atomic E-state index is 13.1. The quantitative estimate of drug-likeness (QED) is 0.334. The number of amides is 3. The number of thioether (sulfide) groups is 1. The smallest absolute Gasteiger partial charge is 0.294 e. The van der Waals surface area contributed by atoms with Crippen molar-refractivity contribution >= 4 is 51.5 Å². The van der Waals surface area contributed by atoms with E-state index in [-0.39, 0.29) is 6.54 Å². The molecule has 0 spiro atoms. The minimum absolute atomic E-state index is 0.307. The zero-order chi connectivity index (χ0) is 25.2. The Morgan fingerprint density at radius 1 is 0.944 bits per heavy atom. The van der Waals surface area contributed by atoms with Crippen molar-refractivity contribution in [3.63, 3.8) is 0 Å². The summed E-state index contributed by atoms with van der Waals surface area (Å²) in [6, 6.07) is 23.7. The molecule has 1 fully saturated rings. The lowest BCUT2D eigenvalue weighted by atomic mass is 10.1. The van der Waals surface area contributed by atoms with Crippen molar-refractivity contribution in [3.8, 4) is 0 Å². The molecule has 2 heterocycles. The highest BCUT2D eigenvalue weighted by molar-refractivity contribution is 8.18. The maximum Gasteiger partial charge on any atom is 0.294 e. The molecule has 0 unspecified atom stereocenters. The Kier molecular flexibility index (Phi) is 6.48. The monoisotopic (exact) mass is 495 g/mol. The number of nitrogens with one attached hydrogen (secondary N) is 1. The van der Waals surface area contributed by atoms with E-state index < -0.39 is 17.1 Å². The molecule has 0 saturated carbocycles. The fourth-order valence-corrected chi connectivity index (χ4v) is 5.08. The van der Waals surface area contributed by atoms with Gasteiger partial charge in [0.2, 0.25) is 5.91 Å². The minimum atomic E-state index is -0.459. The first-order chi connectivity index (χ1) is 17.4. The molecule has 3 aromatic carbocycles. The first-order valence-corrected chi connectivity index (χ1v) is 12.4. The average Bonchev–Trinajstić information content (AvgIpc) is 3.32. The molecule has 7 heteroatoms. The van der Waals surface area contributed by atoms with Crippen LogP contribution in [0.25, 0.3) is 17.0 Å². The average molecular weight is 496 g/mol. The van der Waals surface area contributed by atoms with Gasteiger partial charge in [-0.2, -0.15) is 0 Å². The van der Waals surface area contributed by atoms with Crippen LogP contribution in [0.2, 0.25) is 0 Å². The zero-order valence-corrected chi connectivity index (χ0v) is 20.8. The van der Waals surface area contributed by atoms with Crippen LogP contribution in [0.1, 0.15) is 22.3 Å². The van der Waals surface area contributed by atoms with Gasteiger partial charge in [-0.25, -0.2) is 0 Å². The lowest BCUT2D eigenvalue weighted by Gasteiger charge is -2.12. The second kappa shape index (κ2) is 9.87. The number of hydrogen-bond acceptors (Lipinski definition) is 4. The second-order valence-electron chi connectivity index (χ2n) is 8.90. The number of para-hydroxylation sites is 1. The van der Waals surface area contributed by atoms with Crippen molar-refractivity contribution in [1.82, 2.24) is 9.47 Å². The van der Waals surface area contributed by atoms with Gasteiger partial charge >= 0.3 is 0 Å². The van der Waals surface area contributed by atoms with Crippen molar-refractivity contribution in [1.29, 1.82) is 0 Å². The fraction of sp³-hybridized carbons (Fsp3) is 0.138. The Balaban J connectivity index is 1.37. The van der Waals surface area contributed by atoms with E-state index in [1.165, 1.54) is 11.1 Å². The molecule has 5 rings (SSSR count). The maximum absolute atomic E-state index is 13.1. The van der Waals surface area contributed by atoms with Gasteiger partial charge in [0.1, 0.15) is 6.54 Å². The fourth-order valence-electron chi connectivity index (χ4n) is 4.26. The van der Waals surface area contributed by atoms with Gasteiger partial charge in [-0.3, -0.25) is 19.3 Å². The highest BCUT2D eigenvalue weighted by atomic mass is 32.2. The molecule has 1 saturated heterocycles. The molecule has 0 radical (unpaired) electrons. The lowest BCUT2D eigenvalue weighted by Crippen LogP contribution is -2.36. The molecule has 1 aromatic heterocycles. The van der Waals surface area contributed by atoms with Crippen molar-refractivity contribution < 1.29 is 14.4 Å². The van der Waals surface area contributed by atoms with E-state index in [4.69, 9.17) is 0 Å². The molecule has 1 aliphatic rings. The van der Waals surface area contributed by atoms with Crippen LogP contribution in [0.4, 0.5) is 10.5 Å². The summed E-state index contributed by atoms with van der Waals surface area (Å²) >= 11 is 0.860. The third-order valence-electron chi connectivity index (χ3n) is 6.06. The minimum Gasteiger partial charge on any atom is -0.342 e. The molecule has 36 heavy (non-hydrogen) atoms. The first kappa shape index (κ1) is 23.6. The van der Waals surface area contributed by atoms with Crippen LogP contribution >= 0.6 is 11.8 Å². The molecule has 0 bridgehead atoms. The van der Waals surface area contributed by atoms with Gasteiger partial charge in [-0.15, -0.1) is 0 Å². The lowest BCUT2D eigenvalue weighted by molar-refractivity contribution is -0.127. The van der Waals surface area contributed by atoms with Crippen LogP contribution in [0, 0.1) is 13.8 Å². The summed E-state index contributed by atoms with van der Waals surface area (Å²) in [4.78, 5) is 39.5. The van der Waals surface area contributed by atoms with Gasteiger partial charge in [-0.05, 0) is 61.0 Å². The Labute approximate surface area is 213 Å². The second-order valence-corrected chi connectivity index (χ2v) is 9.89. The third kappa shape index (κ3) is 4.97. The summed E-state index contributed by atoms with van der Waals surface area (Å²) in [6.07, 6.45) is 3.75. The number of imide groups is 1. The number of fused-ring (bicyclic) bond motifs is 1. The molecular formula is C29H25N3O3S. The summed E-state index contributed by atoms with van der Waals surface area (Å²) in [5.41, 5.74) is 5.91. The summed E-state index contributed by atoms with van der Waals surface area (Å²) in [6.45, 7) is 4.35. The molecular weight excluding hydrogens is 470 g/mol. The normalized spacial score (nSPS) is 14.7. The predicted molar refractivity (Wildman–Crippen MR) is 145 cm³/mol. The van der Waals surface area contributed by atoms with E-state index in [2.05, 4.69) is 41.1 Å². The summed E-state index contributed by atoms with van der Waals surface area (Å²) in [5.74, 6) is -0.876. The van der Waals surface area contributed by atoms with Gasteiger partial charge in [0.15, 0.2) is 0 Å². The molecule has 1 N–H and O–H groups in total. The highest BCUT2D eigenvalue weighted by Crippen LogP contribution is 2.34. The van der Waals surface area contributed by atoms with Gasteiger partial charge in [0.05, 0.1) is 4.91 Å². The van der Waals surface area contributed by atoms with Crippen LogP contribution in [0.3, 0.4) is 0 Å². The van der Waals surface area contributed by atoms with Gasteiger partial charge in [0, 0.05) is 34.9 Å². The Morgan fingerprint density at radius 2 is 1.72 bits per heavy atom. The predicted octanol–water partition coefficient (Wildman–Crippen LogP) is 5.98. The summed E-state index contributed by atoms with van der Waals surface area (Å²) in [7, 11) is 0. The van der Waals surface area contributed by atoms with E-state index >= 15 is 0 Å². The van der Waals surface area contributed by atoms with Gasteiger partial charge in [0.25, 0.3) is 11.1 Å². The number of aromatic nitrogens is 1. The third-order valence-corrected chi connectivity index (χ3v) is 6.96. The van der Waals surface area contributed by atoms with Crippen molar-refractivity contribution in [2.24, 2.45) is 0 Å². The first-order valence-electron chi connectivity index (χ1n) is 11.6. The zero-order valence-electron chi connectivity index (χ0n) is 20.0. The molecule has 4 aromatic rings. The molecule has 3 amide bonds. The SMILES string of the molecule is Cc1ccc(Cn2cc(/C=C3\SC(=O)N(CC(=O)Nc4cccc(C)c4)C3=O)c3ccccc32)cc1. The van der Waals surface area contributed by atoms with E-state index in [0.29, 0.717) is 17.1 Å². The number of carbonyl (C=O) groups is 3. The standard InChI is InChI=1S/C29H25N3O3S/c1-19-10-12-21(13-11-19)16-31-17-22(24-8-3-4-9-25(24)31)15-26-28(34)32(29(35)36-26)18-27(33)30-23-7-5-6-20(2)14-23/h3-15,17H,16,18H2,1-2H3,(H,30,33)/b26-15-. The van der Waals surface area contributed by atoms with Crippen molar-refractivity contribution in [2.45, 2.75) is 20.4 Å². The summed E-state index contributed by atoms with van der Waals surface area (Å²) in [5, 5.41) is 3.30. The van der Waals surface area contributed by atoms with Crippen LogP contribution in [0.5, 0.6) is 0 Å². The van der Waals surface area contributed by atoms with Crippen LogP contribution < -0.4 is 5.32 Å². The van der Waals surface area contributed by atoms with E-state index in [0.717, 1.165) is 38.7 Å². The number of hydrogen-bond donors (Lipinski definition) is 1. The topological polar surface area (TPSA) is 71.4 Å². The Morgan fingerprint density at radius 3 is 2.50 bits per heavy atom. The Bertz CT molecular complexity index is 1520. The van der Waals surface area contributed by atoms with Crippen molar-refractivity contribution in [3.05, 3.63) is 106 Å². The molecule has 6 nitrogen and oxygen atoms in total. The molecule has 0 aliphatic carbocycles. The van der Waals surface area contributed by atoms with E-state index in [1.807, 2.05) is 55.6 Å². The van der Waals surface area contributed by atoms with Crippen LogP contribution in [-0.4, -0.2) is 33.1 Å².